The van der Waals surface area contributed by atoms with Gasteiger partial charge >= 0.3 is 0 Å². The highest BCUT2D eigenvalue weighted by Gasteiger charge is 2.45. The maximum atomic E-state index is 12.2. The molecule has 0 aromatic carbocycles. The van der Waals surface area contributed by atoms with Gasteiger partial charge in [-0.3, -0.25) is 9.78 Å². The Labute approximate surface area is 157 Å². The van der Waals surface area contributed by atoms with Crippen molar-refractivity contribution in [2.24, 2.45) is 5.41 Å². The van der Waals surface area contributed by atoms with Gasteiger partial charge < -0.3 is 24.8 Å². The molecule has 2 heterocycles. The Hall–Kier alpha value is -2.16. The molecule has 9 heteroatoms. The molecule has 0 aliphatic heterocycles. The SMILES string of the molecule is Cc1cc(C(=O)NCC2(COc3cccnc3)C[C@@H](O)[C@@H](O)C2)no1.Cl. The first-order valence-electron chi connectivity index (χ1n) is 8.08. The smallest absolute Gasteiger partial charge is 0.273 e. The lowest BCUT2D eigenvalue weighted by Crippen LogP contribution is -2.40. The van der Waals surface area contributed by atoms with Crippen molar-refractivity contribution in [3.05, 3.63) is 42.0 Å². The lowest BCUT2D eigenvalue weighted by Gasteiger charge is -2.29. The van der Waals surface area contributed by atoms with Gasteiger partial charge in [0.25, 0.3) is 5.91 Å². The van der Waals surface area contributed by atoms with E-state index in [1.165, 1.54) is 0 Å². The third kappa shape index (κ3) is 4.72. The molecule has 0 radical (unpaired) electrons. The summed E-state index contributed by atoms with van der Waals surface area (Å²) < 4.78 is 10.7. The van der Waals surface area contributed by atoms with Crippen LogP contribution in [0.5, 0.6) is 5.75 Å². The zero-order valence-electron chi connectivity index (χ0n) is 14.3. The van der Waals surface area contributed by atoms with Gasteiger partial charge in [0, 0.05) is 24.2 Å². The summed E-state index contributed by atoms with van der Waals surface area (Å²) in [7, 11) is 0. The highest BCUT2D eigenvalue weighted by atomic mass is 35.5. The predicted octanol–water partition coefficient (Wildman–Crippen LogP) is 1.11. The molecule has 1 amide bonds. The molecule has 1 saturated carbocycles. The van der Waals surface area contributed by atoms with E-state index >= 15 is 0 Å². The Bertz CT molecular complexity index is 714. The minimum atomic E-state index is -0.844. The second kappa shape index (κ2) is 8.48. The van der Waals surface area contributed by atoms with Crippen LogP contribution in [-0.2, 0) is 0 Å². The van der Waals surface area contributed by atoms with Crippen LogP contribution in [0.2, 0.25) is 0 Å². The van der Waals surface area contributed by atoms with Gasteiger partial charge in [-0.1, -0.05) is 5.16 Å². The summed E-state index contributed by atoms with van der Waals surface area (Å²) in [6.07, 6.45) is 2.20. The van der Waals surface area contributed by atoms with E-state index in [-0.39, 0.29) is 37.2 Å². The molecule has 1 fully saturated rings. The van der Waals surface area contributed by atoms with Gasteiger partial charge in [-0.15, -0.1) is 12.4 Å². The number of hydrogen-bond donors (Lipinski definition) is 3. The first-order valence-corrected chi connectivity index (χ1v) is 8.08. The molecular formula is C17H22ClN3O5. The fourth-order valence-electron chi connectivity index (χ4n) is 3.06. The molecule has 26 heavy (non-hydrogen) atoms. The number of aliphatic hydroxyl groups excluding tert-OH is 2. The predicted molar refractivity (Wildman–Crippen MR) is 94.2 cm³/mol. The monoisotopic (exact) mass is 383 g/mol. The number of aromatic nitrogens is 2. The normalized spacial score (nSPS) is 24.7. The maximum Gasteiger partial charge on any atom is 0.273 e. The molecule has 1 aliphatic carbocycles. The van der Waals surface area contributed by atoms with E-state index in [0.29, 0.717) is 24.4 Å². The number of carbonyl (C=O) groups excluding carboxylic acids is 1. The van der Waals surface area contributed by atoms with Gasteiger partial charge in [0.15, 0.2) is 5.69 Å². The largest absolute Gasteiger partial charge is 0.491 e. The van der Waals surface area contributed by atoms with Crippen molar-refractivity contribution in [2.75, 3.05) is 13.2 Å². The van der Waals surface area contributed by atoms with Crippen LogP contribution in [0.3, 0.4) is 0 Å². The van der Waals surface area contributed by atoms with E-state index < -0.39 is 17.6 Å². The van der Waals surface area contributed by atoms with Gasteiger partial charge in [-0.2, -0.15) is 0 Å². The maximum absolute atomic E-state index is 12.2. The average Bonchev–Trinajstić information content (AvgIpc) is 3.16. The molecule has 1 unspecified atom stereocenters. The highest BCUT2D eigenvalue weighted by Crippen LogP contribution is 2.38. The van der Waals surface area contributed by atoms with Crippen molar-refractivity contribution in [2.45, 2.75) is 32.0 Å². The quantitative estimate of drug-likeness (QED) is 0.683. The second-order valence-electron chi connectivity index (χ2n) is 6.53. The van der Waals surface area contributed by atoms with Gasteiger partial charge in [-0.25, -0.2) is 0 Å². The molecule has 1 aliphatic rings. The average molecular weight is 384 g/mol. The number of carbonyl (C=O) groups is 1. The molecule has 3 N–H and O–H groups in total. The number of aliphatic hydroxyl groups is 2. The van der Waals surface area contributed by atoms with Gasteiger partial charge in [0.05, 0.1) is 25.0 Å². The van der Waals surface area contributed by atoms with Crippen molar-refractivity contribution in [3.63, 3.8) is 0 Å². The van der Waals surface area contributed by atoms with E-state index in [4.69, 9.17) is 9.26 Å². The Morgan fingerprint density at radius 2 is 2.15 bits per heavy atom. The number of hydrogen-bond acceptors (Lipinski definition) is 7. The van der Waals surface area contributed by atoms with Crippen LogP contribution >= 0.6 is 12.4 Å². The summed E-state index contributed by atoms with van der Waals surface area (Å²) in [5.74, 6) is 0.774. The standard InChI is InChI=1S/C17H21N3O5.ClH/c1-11-5-13(20-25-11)16(23)19-9-17(6-14(21)15(22)7-17)10-24-12-3-2-4-18-8-12;/h2-5,8,14-15,21-22H,6-7,9-10H2,1H3,(H,19,23);1H/t14-,15+,17?;. The highest BCUT2D eigenvalue weighted by molar-refractivity contribution is 5.92. The number of ether oxygens (including phenoxy) is 1. The summed E-state index contributed by atoms with van der Waals surface area (Å²) in [5.41, 5.74) is -0.386. The summed E-state index contributed by atoms with van der Waals surface area (Å²) in [6.45, 7) is 2.19. The number of aryl methyl sites for hydroxylation is 1. The van der Waals surface area contributed by atoms with Crippen molar-refractivity contribution in [3.8, 4) is 5.75 Å². The van der Waals surface area contributed by atoms with Crippen LogP contribution < -0.4 is 10.1 Å². The molecule has 2 aromatic heterocycles. The van der Waals surface area contributed by atoms with E-state index in [1.807, 2.05) is 0 Å². The van der Waals surface area contributed by atoms with Crippen LogP contribution in [0.1, 0.15) is 29.1 Å². The molecule has 142 valence electrons. The van der Waals surface area contributed by atoms with Crippen LogP contribution in [0.4, 0.5) is 0 Å². The Morgan fingerprint density at radius 1 is 1.42 bits per heavy atom. The van der Waals surface area contributed by atoms with Crippen LogP contribution in [-0.4, -0.2) is 51.6 Å². The molecule has 0 spiro atoms. The van der Waals surface area contributed by atoms with Gasteiger partial charge in [-0.05, 0) is 31.9 Å². The zero-order chi connectivity index (χ0) is 17.9. The van der Waals surface area contributed by atoms with Gasteiger partial charge in [0.1, 0.15) is 11.5 Å². The molecule has 8 nitrogen and oxygen atoms in total. The molecule has 0 saturated heterocycles. The topological polar surface area (TPSA) is 118 Å². The number of pyridine rings is 1. The molecular weight excluding hydrogens is 362 g/mol. The molecule has 3 atom stereocenters. The third-order valence-electron chi connectivity index (χ3n) is 4.39. The van der Waals surface area contributed by atoms with Crippen LogP contribution in [0, 0.1) is 12.3 Å². The Kier molecular flexibility index (Phi) is 6.57. The van der Waals surface area contributed by atoms with E-state index in [2.05, 4.69) is 15.5 Å². The molecule has 2 aromatic rings. The lowest BCUT2D eigenvalue weighted by atomic mass is 9.86. The zero-order valence-corrected chi connectivity index (χ0v) is 15.1. The number of amides is 1. The number of nitrogens with one attached hydrogen (secondary N) is 1. The first-order chi connectivity index (χ1) is 12.0. The second-order valence-corrected chi connectivity index (χ2v) is 6.53. The fourth-order valence-corrected chi connectivity index (χ4v) is 3.06. The molecule has 0 bridgehead atoms. The van der Waals surface area contributed by atoms with Crippen molar-refractivity contribution >= 4 is 18.3 Å². The first kappa shape index (κ1) is 20.2. The van der Waals surface area contributed by atoms with E-state index in [1.54, 1.807) is 37.5 Å². The molecule has 3 rings (SSSR count). The lowest BCUT2D eigenvalue weighted by molar-refractivity contribution is 0.0438. The fraction of sp³-hybridized carbons (Fsp3) is 0.471. The number of rotatable bonds is 6. The van der Waals surface area contributed by atoms with Gasteiger partial charge in [0.2, 0.25) is 0 Å². The Morgan fingerprint density at radius 3 is 2.73 bits per heavy atom. The summed E-state index contributed by atoms with van der Waals surface area (Å²) >= 11 is 0. The van der Waals surface area contributed by atoms with E-state index in [9.17, 15) is 15.0 Å². The van der Waals surface area contributed by atoms with Crippen LogP contribution in [0.25, 0.3) is 0 Å². The summed E-state index contributed by atoms with van der Waals surface area (Å²) in [5, 5.41) is 26.4. The number of halogens is 1. The van der Waals surface area contributed by atoms with Crippen molar-refractivity contribution in [1.82, 2.24) is 15.5 Å². The summed E-state index contributed by atoms with van der Waals surface area (Å²) in [4.78, 5) is 16.2. The third-order valence-corrected chi connectivity index (χ3v) is 4.39. The van der Waals surface area contributed by atoms with E-state index in [0.717, 1.165) is 0 Å². The van der Waals surface area contributed by atoms with Crippen molar-refractivity contribution < 1.29 is 24.3 Å². The van der Waals surface area contributed by atoms with Crippen molar-refractivity contribution in [1.29, 1.82) is 0 Å². The Balaban J connectivity index is 0.00000243. The minimum absolute atomic E-state index is 0. The van der Waals surface area contributed by atoms with Crippen LogP contribution in [0.15, 0.2) is 35.1 Å². The number of nitrogens with zero attached hydrogens (tertiary/aromatic N) is 2. The summed E-state index contributed by atoms with van der Waals surface area (Å²) in [6, 6.07) is 5.08. The minimum Gasteiger partial charge on any atom is -0.491 e.